The van der Waals surface area contributed by atoms with Gasteiger partial charge in [0.05, 0.1) is 0 Å². The van der Waals surface area contributed by atoms with E-state index in [0.29, 0.717) is 18.0 Å². The summed E-state index contributed by atoms with van der Waals surface area (Å²) in [6.45, 7) is 0. The minimum atomic E-state index is -2.24. The van der Waals surface area contributed by atoms with Gasteiger partial charge in [0.15, 0.2) is 0 Å². The van der Waals surface area contributed by atoms with Crippen molar-refractivity contribution in [1.29, 1.82) is 0 Å². The van der Waals surface area contributed by atoms with Gasteiger partial charge in [-0.3, -0.25) is 0 Å². The number of rotatable bonds is 6. The van der Waals surface area contributed by atoms with Crippen LogP contribution in [0.3, 0.4) is 0 Å². The summed E-state index contributed by atoms with van der Waals surface area (Å²) in [5, 5.41) is 13.6. The van der Waals surface area contributed by atoms with Crippen molar-refractivity contribution in [3.63, 3.8) is 0 Å². The zero-order valence-corrected chi connectivity index (χ0v) is 17.7. The van der Waals surface area contributed by atoms with Crippen molar-refractivity contribution in [1.82, 2.24) is 0 Å². The van der Waals surface area contributed by atoms with E-state index in [2.05, 4.69) is 91.0 Å². The van der Waals surface area contributed by atoms with Gasteiger partial charge in [-0.2, -0.15) is 0 Å². The van der Waals surface area contributed by atoms with Crippen molar-refractivity contribution in [2.45, 2.75) is 37.8 Å². The Labute approximate surface area is 173 Å². The van der Waals surface area contributed by atoms with Gasteiger partial charge in [-0.25, -0.2) is 0 Å². The number of carboxylic acids is 1. The van der Waals surface area contributed by atoms with Crippen LogP contribution in [-0.2, 0) is 4.79 Å². The third-order valence-corrected chi connectivity index (χ3v) is 12.1. The van der Waals surface area contributed by atoms with E-state index < -0.39 is 13.2 Å². The molecule has 0 heterocycles. The summed E-state index contributed by atoms with van der Waals surface area (Å²) in [6.07, 6.45) is 4.53. The summed E-state index contributed by atoms with van der Waals surface area (Å²) in [6, 6.07) is 33.2. The summed E-state index contributed by atoms with van der Waals surface area (Å²) < 4.78 is 0. The topological polar surface area (TPSA) is 37.3 Å². The molecular weight excluding hydrogens is 375 g/mol. The molecule has 29 heavy (non-hydrogen) atoms. The average Bonchev–Trinajstić information content (AvgIpc) is 2.77. The van der Waals surface area contributed by atoms with Crippen LogP contribution >= 0.6 is 7.26 Å². The molecule has 150 valence electrons. The Balaban J connectivity index is 1.84. The quantitative estimate of drug-likeness (QED) is 0.602. The van der Waals surface area contributed by atoms with E-state index in [1.54, 1.807) is 0 Å². The van der Waals surface area contributed by atoms with Gasteiger partial charge in [-0.05, 0) is 0 Å². The standard InChI is InChI=1S/C26H29O2P/c27-26(28)20-21-16-18-25(19-17-21)29(22-10-4-1-5-11-22,23-12-6-2-7-13-23)24-14-8-3-9-15-24/h1-15,21,25,29H,16-20H2,(H,27,28). The number of benzene rings is 3. The van der Waals surface area contributed by atoms with E-state index >= 15 is 0 Å². The predicted molar refractivity (Wildman–Crippen MR) is 125 cm³/mol. The molecule has 1 fully saturated rings. The molecule has 1 aliphatic rings. The zero-order valence-electron chi connectivity index (χ0n) is 16.7. The molecule has 0 saturated heterocycles. The Kier molecular flexibility index (Phi) is 6.11. The molecule has 1 aliphatic carbocycles. The van der Waals surface area contributed by atoms with Crippen molar-refractivity contribution < 1.29 is 9.90 Å². The second kappa shape index (κ2) is 8.93. The van der Waals surface area contributed by atoms with Gasteiger partial charge in [-0.15, -0.1) is 0 Å². The summed E-state index contributed by atoms with van der Waals surface area (Å²) >= 11 is 0. The molecule has 0 amide bonds. The van der Waals surface area contributed by atoms with Crippen LogP contribution in [0.5, 0.6) is 0 Å². The Morgan fingerprint density at radius 1 is 0.690 bits per heavy atom. The molecular formula is C26H29O2P. The number of hydrogen-bond acceptors (Lipinski definition) is 1. The van der Waals surface area contributed by atoms with Crippen molar-refractivity contribution in [2.75, 3.05) is 0 Å². The summed E-state index contributed by atoms with van der Waals surface area (Å²) in [7, 11) is -2.24. The molecule has 3 aromatic carbocycles. The fourth-order valence-electron chi connectivity index (χ4n) is 5.36. The minimum absolute atomic E-state index is 0.309. The second-order valence-electron chi connectivity index (χ2n) is 8.22. The molecule has 4 rings (SSSR count). The normalized spacial score (nSPS) is 20.1. The Morgan fingerprint density at radius 3 is 1.41 bits per heavy atom. The third-order valence-electron chi connectivity index (χ3n) is 6.61. The van der Waals surface area contributed by atoms with E-state index in [1.165, 1.54) is 15.9 Å². The fraction of sp³-hybridized carbons (Fsp3) is 0.269. The molecule has 0 bridgehead atoms. The SMILES string of the molecule is O=C(O)CC1CCC([PH](c2ccccc2)(c2ccccc2)c2ccccc2)CC1. The second-order valence-corrected chi connectivity index (χ2v) is 12.4. The van der Waals surface area contributed by atoms with Gasteiger partial charge in [0.2, 0.25) is 0 Å². The van der Waals surface area contributed by atoms with Gasteiger partial charge in [-0.1, -0.05) is 0 Å². The first-order valence-electron chi connectivity index (χ1n) is 10.6. The predicted octanol–water partition coefficient (Wildman–Crippen LogP) is 4.75. The number of carbonyl (C=O) groups is 1. The molecule has 1 saturated carbocycles. The van der Waals surface area contributed by atoms with Crippen LogP contribution < -0.4 is 15.9 Å². The van der Waals surface area contributed by atoms with E-state index in [0.717, 1.165) is 25.7 Å². The number of aliphatic carboxylic acids is 1. The van der Waals surface area contributed by atoms with Gasteiger partial charge >= 0.3 is 174 Å². The Bertz CT molecular complexity index is 820. The van der Waals surface area contributed by atoms with E-state index in [9.17, 15) is 9.90 Å². The molecule has 0 unspecified atom stereocenters. The number of carboxylic acid groups (broad SMARTS) is 1. The van der Waals surface area contributed by atoms with E-state index in [1.807, 2.05) is 0 Å². The third kappa shape index (κ3) is 4.00. The molecule has 3 heteroatoms. The zero-order chi connectivity index (χ0) is 20.1. The first-order chi connectivity index (χ1) is 14.2. The van der Waals surface area contributed by atoms with Crippen LogP contribution in [0.1, 0.15) is 32.1 Å². The van der Waals surface area contributed by atoms with Gasteiger partial charge < -0.3 is 0 Å². The van der Waals surface area contributed by atoms with Crippen LogP contribution in [0.25, 0.3) is 0 Å². The van der Waals surface area contributed by atoms with Crippen molar-refractivity contribution in [2.24, 2.45) is 5.92 Å². The molecule has 0 atom stereocenters. The fourth-order valence-corrected chi connectivity index (χ4v) is 11.1. The molecule has 3 aromatic rings. The van der Waals surface area contributed by atoms with Gasteiger partial charge in [0, 0.05) is 0 Å². The maximum atomic E-state index is 11.2. The molecule has 1 N–H and O–H groups in total. The Hall–Kier alpha value is -2.44. The summed E-state index contributed by atoms with van der Waals surface area (Å²) in [4.78, 5) is 11.2. The molecule has 0 radical (unpaired) electrons. The molecule has 0 spiro atoms. The van der Waals surface area contributed by atoms with E-state index in [4.69, 9.17) is 0 Å². The Morgan fingerprint density at radius 2 is 1.07 bits per heavy atom. The molecule has 0 aromatic heterocycles. The summed E-state index contributed by atoms with van der Waals surface area (Å²) in [5.41, 5.74) is 0.569. The van der Waals surface area contributed by atoms with Crippen molar-refractivity contribution in [3.05, 3.63) is 91.0 Å². The van der Waals surface area contributed by atoms with Crippen molar-refractivity contribution >= 4 is 29.1 Å². The first-order valence-corrected chi connectivity index (χ1v) is 12.7. The van der Waals surface area contributed by atoms with Crippen LogP contribution in [0.15, 0.2) is 91.0 Å². The first kappa shape index (κ1) is 19.9. The van der Waals surface area contributed by atoms with Gasteiger partial charge in [0.1, 0.15) is 0 Å². The van der Waals surface area contributed by atoms with E-state index in [-0.39, 0.29) is 0 Å². The van der Waals surface area contributed by atoms with Crippen molar-refractivity contribution in [3.8, 4) is 0 Å². The monoisotopic (exact) mass is 404 g/mol. The van der Waals surface area contributed by atoms with Crippen LogP contribution in [0.2, 0.25) is 0 Å². The van der Waals surface area contributed by atoms with Gasteiger partial charge in [0.25, 0.3) is 0 Å². The molecule has 0 aliphatic heterocycles. The van der Waals surface area contributed by atoms with Crippen LogP contribution in [-0.4, -0.2) is 16.7 Å². The summed E-state index contributed by atoms with van der Waals surface area (Å²) in [5.74, 6) is -0.344. The van der Waals surface area contributed by atoms with Crippen LogP contribution in [0.4, 0.5) is 0 Å². The maximum absolute atomic E-state index is 11.2. The number of hydrogen-bond donors (Lipinski definition) is 1. The molecule has 2 nitrogen and oxygen atoms in total. The average molecular weight is 404 g/mol. The van der Waals surface area contributed by atoms with Crippen LogP contribution in [0, 0.1) is 5.92 Å².